The van der Waals surface area contributed by atoms with Gasteiger partial charge in [-0.25, -0.2) is 0 Å². The van der Waals surface area contributed by atoms with Crippen LogP contribution in [0.25, 0.3) is 11.1 Å². The molecule has 0 unspecified atom stereocenters. The fourth-order valence-corrected chi connectivity index (χ4v) is 2.63. The fourth-order valence-electron chi connectivity index (χ4n) is 2.63. The van der Waals surface area contributed by atoms with Crippen molar-refractivity contribution in [2.75, 3.05) is 5.32 Å². The first-order chi connectivity index (χ1) is 13.3. The van der Waals surface area contributed by atoms with Gasteiger partial charge in [0, 0.05) is 18.5 Å². The minimum atomic E-state index is -4.78. The van der Waals surface area contributed by atoms with Gasteiger partial charge in [-0.15, -0.1) is 0 Å². The zero-order valence-electron chi connectivity index (χ0n) is 15.1. The molecule has 2 aromatic rings. The van der Waals surface area contributed by atoms with Crippen LogP contribution in [0.15, 0.2) is 48.5 Å². The number of amides is 1. The van der Waals surface area contributed by atoms with Gasteiger partial charge in [0.25, 0.3) is 0 Å². The van der Waals surface area contributed by atoms with Gasteiger partial charge in [0.05, 0.1) is 11.6 Å². The summed E-state index contributed by atoms with van der Waals surface area (Å²) in [6, 6.07) is 16.4. The van der Waals surface area contributed by atoms with Crippen LogP contribution >= 0.6 is 0 Å². The smallest absolute Gasteiger partial charge is 0.326 e. The van der Waals surface area contributed by atoms with Crippen LogP contribution in [0.1, 0.15) is 37.7 Å². The summed E-state index contributed by atoms with van der Waals surface area (Å²) < 4.78 is 36.3. The molecular weight excluding hydrogens is 369 g/mol. The van der Waals surface area contributed by atoms with Crippen LogP contribution in [0.3, 0.4) is 0 Å². The Hall–Kier alpha value is -3.14. The molecule has 1 N–H and O–H groups in total. The van der Waals surface area contributed by atoms with Crippen molar-refractivity contribution in [1.29, 1.82) is 5.26 Å². The molecule has 0 saturated carbocycles. The van der Waals surface area contributed by atoms with Crippen LogP contribution in [-0.4, -0.2) is 17.9 Å². The van der Waals surface area contributed by atoms with Crippen molar-refractivity contribution >= 4 is 17.4 Å². The van der Waals surface area contributed by atoms with Crippen LogP contribution < -0.4 is 5.32 Å². The minimum absolute atomic E-state index is 0.111. The van der Waals surface area contributed by atoms with E-state index in [2.05, 4.69) is 11.4 Å². The normalized spacial score (nSPS) is 10.9. The quantitative estimate of drug-likeness (QED) is 0.628. The van der Waals surface area contributed by atoms with Crippen molar-refractivity contribution in [2.45, 2.75) is 38.3 Å². The first-order valence-corrected chi connectivity index (χ1v) is 8.80. The number of benzene rings is 2. The fraction of sp³-hybridized carbons (Fsp3) is 0.286. The van der Waals surface area contributed by atoms with Crippen LogP contribution in [0.5, 0.6) is 0 Å². The second kappa shape index (κ2) is 9.70. The molecule has 2 rings (SSSR count). The van der Waals surface area contributed by atoms with Gasteiger partial charge in [-0.3, -0.25) is 9.59 Å². The molecule has 0 aliphatic rings. The standard InChI is InChI=1S/C21H19F3N2O2/c22-21(23,24)19(27)7-2-1-3-8-20(28)26-18-6-4-5-17(13-18)16-11-9-15(14-25)10-12-16/h4-6,9-13H,1-3,7-8H2,(H,26,28). The highest BCUT2D eigenvalue weighted by atomic mass is 19.4. The average molecular weight is 388 g/mol. The van der Waals surface area contributed by atoms with E-state index in [9.17, 15) is 22.8 Å². The maximum atomic E-state index is 12.1. The number of nitriles is 1. The molecule has 7 heteroatoms. The number of carbonyl (C=O) groups excluding carboxylic acids is 2. The summed E-state index contributed by atoms with van der Waals surface area (Å²) in [5.41, 5.74) is 2.96. The Balaban J connectivity index is 1.81. The molecule has 0 radical (unpaired) electrons. The molecule has 1 amide bonds. The number of hydrogen-bond acceptors (Lipinski definition) is 3. The van der Waals surface area contributed by atoms with E-state index in [-0.39, 0.29) is 18.7 Å². The molecule has 0 atom stereocenters. The third-order valence-electron chi connectivity index (χ3n) is 4.12. The molecule has 0 aliphatic carbocycles. The lowest BCUT2D eigenvalue weighted by Crippen LogP contribution is -2.22. The van der Waals surface area contributed by atoms with Crippen molar-refractivity contribution in [3.05, 3.63) is 54.1 Å². The Morgan fingerprint density at radius 2 is 1.61 bits per heavy atom. The van der Waals surface area contributed by atoms with E-state index >= 15 is 0 Å². The van der Waals surface area contributed by atoms with E-state index in [1.54, 1.807) is 30.3 Å². The third-order valence-corrected chi connectivity index (χ3v) is 4.12. The van der Waals surface area contributed by atoms with E-state index in [0.29, 0.717) is 24.1 Å². The van der Waals surface area contributed by atoms with Gasteiger partial charge in [0.1, 0.15) is 0 Å². The van der Waals surface area contributed by atoms with Crippen LogP contribution in [-0.2, 0) is 9.59 Å². The van der Waals surface area contributed by atoms with Crippen molar-refractivity contribution in [3.63, 3.8) is 0 Å². The van der Waals surface area contributed by atoms with Crippen LogP contribution in [0.4, 0.5) is 18.9 Å². The Morgan fingerprint density at radius 1 is 0.929 bits per heavy atom. The first kappa shape index (κ1) is 21.2. The monoisotopic (exact) mass is 388 g/mol. The lowest BCUT2D eigenvalue weighted by atomic mass is 10.0. The van der Waals surface area contributed by atoms with Crippen molar-refractivity contribution < 1.29 is 22.8 Å². The largest absolute Gasteiger partial charge is 0.449 e. The maximum Gasteiger partial charge on any atom is 0.449 e. The first-order valence-electron chi connectivity index (χ1n) is 8.80. The molecule has 0 spiro atoms. The number of anilines is 1. The summed E-state index contributed by atoms with van der Waals surface area (Å²) >= 11 is 0. The minimum Gasteiger partial charge on any atom is -0.326 e. The van der Waals surface area contributed by atoms with Gasteiger partial charge in [-0.2, -0.15) is 18.4 Å². The summed E-state index contributed by atoms with van der Waals surface area (Å²) in [5, 5.41) is 11.6. The summed E-state index contributed by atoms with van der Waals surface area (Å²) in [4.78, 5) is 22.8. The molecule has 146 valence electrons. The Morgan fingerprint density at radius 3 is 2.25 bits per heavy atom. The highest BCUT2D eigenvalue weighted by molar-refractivity contribution is 5.91. The number of carbonyl (C=O) groups is 2. The number of ketones is 1. The van der Waals surface area contributed by atoms with Crippen molar-refractivity contribution in [3.8, 4) is 17.2 Å². The highest BCUT2D eigenvalue weighted by Crippen LogP contribution is 2.23. The predicted octanol–water partition coefficient (Wildman–Crippen LogP) is 5.25. The summed E-state index contributed by atoms with van der Waals surface area (Å²) in [5.74, 6) is -1.96. The third kappa shape index (κ3) is 6.54. The lowest BCUT2D eigenvalue weighted by Gasteiger charge is -2.08. The molecule has 4 nitrogen and oxygen atoms in total. The van der Waals surface area contributed by atoms with E-state index in [1.807, 2.05) is 18.2 Å². The number of Topliss-reactive ketones (excluding diaryl/α,β-unsaturated/α-hetero) is 1. The van der Waals surface area contributed by atoms with Gasteiger partial charge < -0.3 is 5.32 Å². The Bertz CT molecular complexity index is 868. The van der Waals surface area contributed by atoms with Gasteiger partial charge in [0.15, 0.2) is 0 Å². The summed E-state index contributed by atoms with van der Waals surface area (Å²) in [6.45, 7) is 0. The van der Waals surface area contributed by atoms with Crippen molar-refractivity contribution in [2.24, 2.45) is 0 Å². The van der Waals surface area contributed by atoms with Crippen LogP contribution in [0, 0.1) is 11.3 Å². The van der Waals surface area contributed by atoms with Crippen LogP contribution in [0.2, 0.25) is 0 Å². The Kier molecular flexibility index (Phi) is 7.33. The Labute approximate surface area is 161 Å². The lowest BCUT2D eigenvalue weighted by molar-refractivity contribution is -0.171. The zero-order valence-corrected chi connectivity index (χ0v) is 15.1. The number of rotatable bonds is 8. The number of unbranched alkanes of at least 4 members (excludes halogenated alkanes) is 2. The molecule has 0 aromatic heterocycles. The number of nitrogens with zero attached hydrogens (tertiary/aromatic N) is 1. The molecule has 28 heavy (non-hydrogen) atoms. The second-order valence-corrected chi connectivity index (χ2v) is 6.30. The molecule has 0 saturated heterocycles. The number of hydrogen-bond donors (Lipinski definition) is 1. The topological polar surface area (TPSA) is 70.0 Å². The van der Waals surface area contributed by atoms with E-state index in [1.165, 1.54) is 0 Å². The SMILES string of the molecule is N#Cc1ccc(-c2cccc(NC(=O)CCCCCC(=O)C(F)(F)F)c2)cc1. The summed E-state index contributed by atoms with van der Waals surface area (Å²) in [7, 11) is 0. The average Bonchev–Trinajstić information content (AvgIpc) is 2.67. The van der Waals surface area contributed by atoms with E-state index in [0.717, 1.165) is 11.1 Å². The molecule has 0 fully saturated rings. The number of alkyl halides is 3. The van der Waals surface area contributed by atoms with Gasteiger partial charge in [-0.05, 0) is 48.2 Å². The van der Waals surface area contributed by atoms with Gasteiger partial charge >= 0.3 is 6.18 Å². The molecule has 0 heterocycles. The highest BCUT2D eigenvalue weighted by Gasteiger charge is 2.37. The van der Waals surface area contributed by atoms with E-state index < -0.39 is 18.4 Å². The number of halogens is 3. The molecule has 2 aromatic carbocycles. The molecule has 0 bridgehead atoms. The van der Waals surface area contributed by atoms with Crippen molar-refractivity contribution in [1.82, 2.24) is 0 Å². The van der Waals surface area contributed by atoms with Gasteiger partial charge in [-0.1, -0.05) is 30.7 Å². The zero-order chi connectivity index (χ0) is 20.6. The van der Waals surface area contributed by atoms with E-state index in [4.69, 9.17) is 5.26 Å². The predicted molar refractivity (Wildman–Crippen MR) is 99.4 cm³/mol. The molecule has 0 aliphatic heterocycles. The summed E-state index contributed by atoms with van der Waals surface area (Å²) in [6.07, 6.45) is -4.26. The molecular formula is C21H19F3N2O2. The maximum absolute atomic E-state index is 12.1. The van der Waals surface area contributed by atoms with Gasteiger partial charge in [0.2, 0.25) is 11.7 Å². The second-order valence-electron chi connectivity index (χ2n) is 6.30. The number of nitrogens with one attached hydrogen (secondary N) is 1.